The third-order valence-corrected chi connectivity index (χ3v) is 8.19. The number of para-hydroxylation sites is 3. The Morgan fingerprint density at radius 3 is 2.50 bits per heavy atom. The van der Waals surface area contributed by atoms with Crippen LogP contribution >= 0.6 is 0 Å². The summed E-state index contributed by atoms with van der Waals surface area (Å²) in [5.74, 6) is 0.0630. The molecular weight excluding hydrogens is 450 g/mol. The van der Waals surface area contributed by atoms with Crippen LogP contribution in [-0.2, 0) is 10.0 Å². The summed E-state index contributed by atoms with van der Waals surface area (Å²) in [5.41, 5.74) is 2.97. The summed E-state index contributed by atoms with van der Waals surface area (Å²) in [6.45, 7) is 2.46. The van der Waals surface area contributed by atoms with Crippen LogP contribution in [0.1, 0.15) is 36.5 Å². The maximum Gasteiger partial charge on any atom is 0.255 e. The molecule has 1 atom stereocenters. The van der Waals surface area contributed by atoms with E-state index in [0.29, 0.717) is 34.8 Å². The molecule has 34 heavy (non-hydrogen) atoms. The molecule has 0 aliphatic carbocycles. The van der Waals surface area contributed by atoms with Crippen LogP contribution in [0.2, 0.25) is 0 Å². The fraction of sp³-hybridized carbons (Fsp3) is 0.231. The van der Waals surface area contributed by atoms with Gasteiger partial charge in [-0.25, -0.2) is 13.4 Å². The van der Waals surface area contributed by atoms with Crippen molar-refractivity contribution in [1.29, 1.82) is 0 Å². The van der Waals surface area contributed by atoms with Crippen LogP contribution in [0.5, 0.6) is 0 Å². The van der Waals surface area contributed by atoms with Gasteiger partial charge < -0.3 is 9.73 Å². The highest BCUT2D eigenvalue weighted by atomic mass is 32.2. The van der Waals surface area contributed by atoms with Crippen LogP contribution in [0.15, 0.2) is 82.1 Å². The van der Waals surface area contributed by atoms with Crippen molar-refractivity contribution in [2.24, 2.45) is 0 Å². The Balaban J connectivity index is 1.37. The number of fused-ring (bicyclic) bond motifs is 1. The number of nitrogens with zero attached hydrogens (tertiary/aromatic N) is 2. The molecule has 1 N–H and O–H groups in total. The number of aromatic nitrogens is 1. The molecule has 3 aromatic carbocycles. The minimum atomic E-state index is -3.59. The maximum absolute atomic E-state index is 13.1. The maximum atomic E-state index is 13.1. The van der Waals surface area contributed by atoms with Crippen molar-refractivity contribution in [2.45, 2.75) is 37.1 Å². The monoisotopic (exact) mass is 475 g/mol. The van der Waals surface area contributed by atoms with Gasteiger partial charge in [-0.2, -0.15) is 4.31 Å². The van der Waals surface area contributed by atoms with Crippen molar-refractivity contribution in [1.82, 2.24) is 9.29 Å². The van der Waals surface area contributed by atoms with Gasteiger partial charge in [0.2, 0.25) is 15.9 Å². The van der Waals surface area contributed by atoms with E-state index in [2.05, 4.69) is 10.3 Å². The van der Waals surface area contributed by atoms with Gasteiger partial charge in [0.15, 0.2) is 5.58 Å². The number of benzene rings is 3. The third kappa shape index (κ3) is 4.22. The van der Waals surface area contributed by atoms with Gasteiger partial charge in [-0.15, -0.1) is 0 Å². The van der Waals surface area contributed by atoms with E-state index in [4.69, 9.17) is 4.42 Å². The van der Waals surface area contributed by atoms with Crippen molar-refractivity contribution < 1.29 is 17.6 Å². The zero-order valence-corrected chi connectivity index (χ0v) is 19.6. The second-order valence-corrected chi connectivity index (χ2v) is 10.4. The number of hydrogen-bond donors (Lipinski definition) is 1. The lowest BCUT2D eigenvalue weighted by molar-refractivity contribution is 0.102. The van der Waals surface area contributed by atoms with Crippen LogP contribution in [0.3, 0.4) is 0 Å². The molecule has 1 aromatic heterocycles. The normalized spacial score (nSPS) is 17.0. The first-order chi connectivity index (χ1) is 16.4. The first kappa shape index (κ1) is 22.3. The van der Waals surface area contributed by atoms with E-state index in [9.17, 15) is 13.2 Å². The summed E-state index contributed by atoms with van der Waals surface area (Å²) in [7, 11) is -3.59. The van der Waals surface area contributed by atoms with Gasteiger partial charge in [0.25, 0.3) is 5.91 Å². The highest BCUT2D eigenvalue weighted by molar-refractivity contribution is 7.89. The average Bonchev–Trinajstić information content (AvgIpc) is 3.29. The number of oxazole rings is 1. The fourth-order valence-corrected chi connectivity index (χ4v) is 6.00. The van der Waals surface area contributed by atoms with Gasteiger partial charge >= 0.3 is 0 Å². The standard InChI is InChI=1S/C26H25N3O4S/c1-18-8-6-7-17-29(18)34(31,32)20-15-13-19(14-16-20)25(30)27-22-10-3-2-9-21(22)26-28-23-11-4-5-12-24(23)33-26/h2-5,9-16,18H,6-8,17H2,1H3,(H,27,30). The fourth-order valence-electron chi connectivity index (χ4n) is 4.30. The van der Waals surface area contributed by atoms with E-state index >= 15 is 0 Å². The Kier molecular flexibility index (Phi) is 5.93. The minimum absolute atomic E-state index is 0.0231. The van der Waals surface area contributed by atoms with Gasteiger partial charge in [0, 0.05) is 18.2 Å². The summed E-state index contributed by atoms with van der Waals surface area (Å²) in [5, 5.41) is 2.90. The van der Waals surface area contributed by atoms with Gasteiger partial charge in [-0.05, 0) is 68.3 Å². The van der Waals surface area contributed by atoms with Crippen LogP contribution in [-0.4, -0.2) is 36.2 Å². The van der Waals surface area contributed by atoms with E-state index in [-0.39, 0.29) is 16.8 Å². The summed E-state index contributed by atoms with van der Waals surface area (Å²) in [6, 6.07) is 20.8. The Labute approximate surface area is 198 Å². The molecule has 1 aliphatic heterocycles. The molecule has 8 heteroatoms. The molecule has 0 saturated carbocycles. The highest BCUT2D eigenvalue weighted by Crippen LogP contribution is 2.30. The van der Waals surface area contributed by atoms with Gasteiger partial charge in [-0.3, -0.25) is 4.79 Å². The Hall–Kier alpha value is -3.49. The number of rotatable bonds is 5. The van der Waals surface area contributed by atoms with Crippen molar-refractivity contribution in [3.63, 3.8) is 0 Å². The molecule has 7 nitrogen and oxygen atoms in total. The predicted molar refractivity (Wildman–Crippen MR) is 131 cm³/mol. The van der Waals surface area contributed by atoms with Gasteiger partial charge in [0.1, 0.15) is 5.52 Å². The van der Waals surface area contributed by atoms with Crippen molar-refractivity contribution in [3.05, 3.63) is 78.4 Å². The molecule has 174 valence electrons. The number of carbonyl (C=O) groups excluding carboxylic acids is 1. The first-order valence-corrected chi connectivity index (χ1v) is 12.8. The van der Waals surface area contributed by atoms with Crippen LogP contribution in [0, 0.1) is 0 Å². The second-order valence-electron chi connectivity index (χ2n) is 8.47. The Morgan fingerprint density at radius 2 is 1.74 bits per heavy atom. The lowest BCUT2D eigenvalue weighted by Crippen LogP contribution is -2.41. The summed E-state index contributed by atoms with van der Waals surface area (Å²) in [6.07, 6.45) is 2.76. The lowest BCUT2D eigenvalue weighted by Gasteiger charge is -2.32. The molecule has 1 saturated heterocycles. The summed E-state index contributed by atoms with van der Waals surface area (Å²) in [4.78, 5) is 17.7. The SMILES string of the molecule is CC1CCCCN1S(=O)(=O)c1ccc(C(=O)Nc2ccccc2-c2nc3ccccc3o2)cc1. The molecular formula is C26H25N3O4S. The molecule has 2 heterocycles. The molecule has 0 spiro atoms. The van der Waals surface area contributed by atoms with Crippen molar-refractivity contribution >= 4 is 32.7 Å². The Morgan fingerprint density at radius 1 is 1.00 bits per heavy atom. The van der Waals surface area contributed by atoms with Crippen LogP contribution in [0.4, 0.5) is 5.69 Å². The molecule has 4 aromatic rings. The van der Waals surface area contributed by atoms with E-state index in [0.717, 1.165) is 24.8 Å². The number of sulfonamides is 1. The molecule has 1 unspecified atom stereocenters. The number of hydrogen-bond acceptors (Lipinski definition) is 5. The van der Waals surface area contributed by atoms with Crippen LogP contribution in [0.25, 0.3) is 22.6 Å². The topological polar surface area (TPSA) is 92.5 Å². The molecule has 0 radical (unpaired) electrons. The number of carbonyl (C=O) groups is 1. The lowest BCUT2D eigenvalue weighted by atomic mass is 10.1. The second kappa shape index (κ2) is 9.04. The smallest absolute Gasteiger partial charge is 0.255 e. The van der Waals surface area contributed by atoms with E-state index in [1.807, 2.05) is 49.4 Å². The quantitative estimate of drug-likeness (QED) is 0.422. The summed E-state index contributed by atoms with van der Waals surface area (Å²) >= 11 is 0. The Bertz CT molecular complexity index is 1410. The molecule has 1 amide bonds. The van der Waals surface area contributed by atoms with E-state index in [1.165, 1.54) is 12.1 Å². The largest absolute Gasteiger partial charge is 0.436 e. The zero-order chi connectivity index (χ0) is 23.7. The number of amides is 1. The number of anilines is 1. The molecule has 0 bridgehead atoms. The third-order valence-electron chi connectivity index (χ3n) is 6.16. The van der Waals surface area contributed by atoms with E-state index in [1.54, 1.807) is 22.5 Å². The van der Waals surface area contributed by atoms with Gasteiger partial charge in [-0.1, -0.05) is 30.7 Å². The zero-order valence-electron chi connectivity index (χ0n) is 18.8. The molecule has 1 aliphatic rings. The van der Waals surface area contributed by atoms with E-state index < -0.39 is 10.0 Å². The van der Waals surface area contributed by atoms with Gasteiger partial charge in [0.05, 0.1) is 16.1 Å². The number of piperidine rings is 1. The van der Waals surface area contributed by atoms with Crippen LogP contribution < -0.4 is 5.32 Å². The summed E-state index contributed by atoms with van der Waals surface area (Å²) < 4.78 is 33.5. The molecule has 5 rings (SSSR count). The average molecular weight is 476 g/mol. The first-order valence-electron chi connectivity index (χ1n) is 11.3. The van der Waals surface area contributed by atoms with Crippen molar-refractivity contribution in [3.8, 4) is 11.5 Å². The highest BCUT2D eigenvalue weighted by Gasteiger charge is 2.31. The predicted octanol–water partition coefficient (Wildman–Crippen LogP) is 5.31. The number of nitrogens with one attached hydrogen (secondary N) is 1. The minimum Gasteiger partial charge on any atom is -0.436 e. The van der Waals surface area contributed by atoms with Crippen molar-refractivity contribution in [2.75, 3.05) is 11.9 Å². The molecule has 1 fully saturated rings.